The first-order valence-electron chi connectivity index (χ1n) is 8.42. The Bertz CT molecular complexity index is 858. The van der Waals surface area contributed by atoms with Crippen molar-refractivity contribution < 1.29 is 13.6 Å². The molecule has 0 unspecified atom stereocenters. The molecule has 3 fully saturated rings. The molecular formula is C18H19ClF2N2OS. The maximum Gasteiger partial charge on any atom is 0.261 e. The Morgan fingerprint density at radius 1 is 1.32 bits per heavy atom. The van der Waals surface area contributed by atoms with Gasteiger partial charge in [0.25, 0.3) is 5.91 Å². The number of nitrogens with one attached hydrogen (secondary N) is 1. The van der Waals surface area contributed by atoms with E-state index >= 15 is 0 Å². The van der Waals surface area contributed by atoms with Gasteiger partial charge in [0, 0.05) is 11.6 Å². The average Bonchev–Trinajstić information content (AvgIpc) is 3.00. The molecule has 0 radical (unpaired) electrons. The van der Waals surface area contributed by atoms with Crippen molar-refractivity contribution >= 4 is 38.9 Å². The molecule has 0 saturated carbocycles. The van der Waals surface area contributed by atoms with E-state index in [0.29, 0.717) is 16.2 Å². The summed E-state index contributed by atoms with van der Waals surface area (Å²) in [5.41, 5.74) is -0.103. The van der Waals surface area contributed by atoms with Gasteiger partial charge in [-0.2, -0.15) is 0 Å². The Hall–Kier alpha value is -1.24. The van der Waals surface area contributed by atoms with Crippen molar-refractivity contribution in [1.82, 2.24) is 10.2 Å². The van der Waals surface area contributed by atoms with Crippen LogP contribution in [0.3, 0.4) is 0 Å². The van der Waals surface area contributed by atoms with Gasteiger partial charge in [-0.15, -0.1) is 11.3 Å². The number of nitrogens with zero attached hydrogens (tertiary/aromatic N) is 1. The maximum absolute atomic E-state index is 14.1. The van der Waals surface area contributed by atoms with Gasteiger partial charge >= 0.3 is 0 Å². The van der Waals surface area contributed by atoms with Gasteiger partial charge in [-0.05, 0) is 63.2 Å². The quantitative estimate of drug-likeness (QED) is 0.776. The molecule has 3 nitrogen and oxygen atoms in total. The van der Waals surface area contributed by atoms with E-state index in [9.17, 15) is 13.6 Å². The first kappa shape index (κ1) is 17.2. The van der Waals surface area contributed by atoms with Gasteiger partial charge in [0.15, 0.2) is 5.82 Å². The standard InChI is InChI=1S/C18H19ClF2N2OS/c1-18(2)16(9-3-5-23(18)6-4-9)22-17(24)12-8-10-7-11(20)13(19)14(21)15(10)25-12/h7-9,16H,3-6H2,1-2H3,(H,22,24)/t16-/m0/s1. The minimum Gasteiger partial charge on any atom is -0.346 e. The first-order valence-corrected chi connectivity index (χ1v) is 9.61. The van der Waals surface area contributed by atoms with Crippen LogP contribution in [0.15, 0.2) is 12.1 Å². The number of carbonyl (C=O) groups is 1. The van der Waals surface area contributed by atoms with Gasteiger partial charge in [-0.3, -0.25) is 9.69 Å². The molecule has 1 aromatic heterocycles. The van der Waals surface area contributed by atoms with Gasteiger partial charge in [-0.25, -0.2) is 8.78 Å². The zero-order valence-electron chi connectivity index (χ0n) is 14.0. The van der Waals surface area contributed by atoms with Gasteiger partial charge in [0.05, 0.1) is 9.58 Å². The third-order valence-corrected chi connectivity index (χ3v) is 7.23. The fourth-order valence-electron chi connectivity index (χ4n) is 4.29. The lowest BCUT2D eigenvalue weighted by atomic mass is 9.72. The van der Waals surface area contributed by atoms with Crippen LogP contribution < -0.4 is 5.32 Å². The van der Waals surface area contributed by atoms with Crippen molar-refractivity contribution in [3.63, 3.8) is 0 Å². The van der Waals surface area contributed by atoms with E-state index in [-0.39, 0.29) is 22.2 Å². The number of piperidine rings is 3. The molecular weight excluding hydrogens is 366 g/mol. The van der Waals surface area contributed by atoms with E-state index in [0.717, 1.165) is 37.3 Å². The van der Waals surface area contributed by atoms with E-state index in [1.807, 2.05) is 0 Å². The van der Waals surface area contributed by atoms with Crippen molar-refractivity contribution in [3.8, 4) is 0 Å². The lowest BCUT2D eigenvalue weighted by Crippen LogP contribution is -2.69. The Morgan fingerprint density at radius 2 is 2.00 bits per heavy atom. The number of halogens is 3. The van der Waals surface area contributed by atoms with Crippen LogP contribution in [0.25, 0.3) is 10.1 Å². The van der Waals surface area contributed by atoms with Gasteiger partial charge in [0.1, 0.15) is 10.8 Å². The second-order valence-electron chi connectivity index (χ2n) is 7.44. The summed E-state index contributed by atoms with van der Waals surface area (Å²) < 4.78 is 28.0. The second kappa shape index (κ2) is 5.89. The summed E-state index contributed by atoms with van der Waals surface area (Å²) in [5, 5.41) is 2.98. The van der Waals surface area contributed by atoms with Crippen LogP contribution in [0, 0.1) is 17.6 Å². The number of hydrogen-bond donors (Lipinski definition) is 1. The molecule has 0 spiro atoms. The van der Waals surface area contributed by atoms with Crippen molar-refractivity contribution in [2.45, 2.75) is 38.3 Å². The average molecular weight is 385 g/mol. The number of hydrogen-bond acceptors (Lipinski definition) is 3. The van der Waals surface area contributed by atoms with E-state index in [2.05, 4.69) is 24.1 Å². The van der Waals surface area contributed by atoms with Gasteiger partial charge in [0.2, 0.25) is 0 Å². The number of benzene rings is 1. The highest BCUT2D eigenvalue weighted by Gasteiger charge is 2.48. The molecule has 3 aliphatic rings. The molecule has 3 saturated heterocycles. The topological polar surface area (TPSA) is 32.3 Å². The fraction of sp³-hybridized carbons (Fsp3) is 0.500. The number of fused-ring (bicyclic) bond motifs is 4. The third kappa shape index (κ3) is 2.66. The molecule has 5 rings (SSSR count). The monoisotopic (exact) mass is 384 g/mol. The Balaban J connectivity index is 1.63. The number of amides is 1. The largest absolute Gasteiger partial charge is 0.346 e. The number of thiophene rings is 1. The smallest absolute Gasteiger partial charge is 0.261 e. The van der Waals surface area contributed by atoms with Crippen LogP contribution in [0.4, 0.5) is 8.78 Å². The molecule has 134 valence electrons. The van der Waals surface area contributed by atoms with Crippen LogP contribution in [0.1, 0.15) is 36.4 Å². The Morgan fingerprint density at radius 3 is 2.64 bits per heavy atom. The molecule has 3 aliphatic heterocycles. The van der Waals surface area contributed by atoms with Crippen molar-refractivity contribution in [3.05, 3.63) is 33.7 Å². The number of carbonyl (C=O) groups excluding carboxylic acids is 1. The highest BCUT2D eigenvalue weighted by Crippen LogP contribution is 2.39. The zero-order valence-corrected chi connectivity index (χ0v) is 15.6. The predicted molar refractivity (Wildman–Crippen MR) is 96.4 cm³/mol. The van der Waals surface area contributed by atoms with Crippen molar-refractivity contribution in [2.75, 3.05) is 13.1 Å². The SMILES string of the molecule is CC1(C)[C@@H](NC(=O)c2cc3cc(F)c(Cl)c(F)c3s2)C2CCN1CC2. The normalized spacial score (nSPS) is 27.6. The molecule has 4 heterocycles. The minimum atomic E-state index is -0.810. The highest BCUT2D eigenvalue weighted by atomic mass is 35.5. The summed E-state index contributed by atoms with van der Waals surface area (Å²) in [5.74, 6) is -1.38. The summed E-state index contributed by atoms with van der Waals surface area (Å²) in [4.78, 5) is 15.6. The predicted octanol–water partition coefficient (Wildman–Crippen LogP) is 4.44. The van der Waals surface area contributed by atoms with Crippen molar-refractivity contribution in [2.24, 2.45) is 5.92 Å². The molecule has 2 aromatic rings. The summed E-state index contributed by atoms with van der Waals surface area (Å²) in [6, 6.07) is 2.76. The Kier molecular flexibility index (Phi) is 4.05. The van der Waals surface area contributed by atoms with Crippen LogP contribution >= 0.6 is 22.9 Å². The fourth-order valence-corrected chi connectivity index (χ4v) is 5.48. The minimum absolute atomic E-state index is 0.0536. The molecule has 7 heteroatoms. The molecule has 25 heavy (non-hydrogen) atoms. The summed E-state index contributed by atoms with van der Waals surface area (Å²) in [7, 11) is 0. The molecule has 1 amide bonds. The van der Waals surface area contributed by atoms with Crippen LogP contribution in [-0.2, 0) is 0 Å². The lowest BCUT2D eigenvalue weighted by molar-refractivity contribution is -0.0377. The van der Waals surface area contributed by atoms with Crippen molar-refractivity contribution in [1.29, 1.82) is 0 Å². The van der Waals surface area contributed by atoms with E-state index in [1.54, 1.807) is 0 Å². The van der Waals surface area contributed by atoms with E-state index in [4.69, 9.17) is 11.6 Å². The van der Waals surface area contributed by atoms with Crippen LogP contribution in [0.2, 0.25) is 5.02 Å². The second-order valence-corrected chi connectivity index (χ2v) is 8.87. The van der Waals surface area contributed by atoms with Crippen LogP contribution in [-0.4, -0.2) is 35.5 Å². The molecule has 1 N–H and O–H groups in total. The van der Waals surface area contributed by atoms with Gasteiger partial charge < -0.3 is 5.32 Å². The summed E-state index contributed by atoms with van der Waals surface area (Å²) >= 11 is 6.64. The molecule has 1 aromatic carbocycles. The zero-order chi connectivity index (χ0) is 17.9. The van der Waals surface area contributed by atoms with Crippen LogP contribution in [0.5, 0.6) is 0 Å². The van der Waals surface area contributed by atoms with Gasteiger partial charge in [-0.1, -0.05) is 11.6 Å². The summed E-state index contributed by atoms with van der Waals surface area (Å²) in [6.07, 6.45) is 2.16. The van der Waals surface area contributed by atoms with E-state index in [1.165, 1.54) is 12.1 Å². The van der Waals surface area contributed by atoms with E-state index < -0.39 is 16.7 Å². The lowest BCUT2D eigenvalue weighted by Gasteiger charge is -2.56. The molecule has 2 bridgehead atoms. The third-order valence-electron chi connectivity index (χ3n) is 5.74. The molecule has 0 aliphatic carbocycles. The number of rotatable bonds is 2. The first-order chi connectivity index (χ1) is 11.8. The molecule has 1 atom stereocenters. The Labute approximate surface area is 153 Å². The summed E-state index contributed by atoms with van der Waals surface area (Å²) in [6.45, 7) is 6.44. The highest BCUT2D eigenvalue weighted by molar-refractivity contribution is 7.20. The maximum atomic E-state index is 14.1.